The van der Waals surface area contributed by atoms with Gasteiger partial charge in [0.2, 0.25) is 15.9 Å². The molecule has 0 aromatic heterocycles. The average Bonchev–Trinajstić information content (AvgIpc) is 2.61. The molecule has 0 radical (unpaired) electrons. The highest BCUT2D eigenvalue weighted by molar-refractivity contribution is 7.92. The van der Waals surface area contributed by atoms with Crippen molar-refractivity contribution in [3.05, 3.63) is 29.8 Å². The summed E-state index contributed by atoms with van der Waals surface area (Å²) in [5.74, 6) is 0.0717. The zero-order valence-corrected chi connectivity index (χ0v) is 17.6. The fourth-order valence-electron chi connectivity index (χ4n) is 2.94. The van der Waals surface area contributed by atoms with E-state index in [1.807, 2.05) is 11.8 Å². The number of nitrogens with one attached hydrogen (secondary N) is 1. The maximum Gasteiger partial charge on any atom is 0.229 e. The minimum absolute atomic E-state index is 0.0717. The van der Waals surface area contributed by atoms with Crippen LogP contribution >= 0.6 is 0 Å². The normalized spacial score (nSPS) is 12.6. The van der Waals surface area contributed by atoms with Gasteiger partial charge in [0.1, 0.15) is 0 Å². The topological polar surface area (TPSA) is 86.7 Å². The van der Waals surface area contributed by atoms with E-state index in [0.29, 0.717) is 30.6 Å². The molecule has 0 aliphatic heterocycles. The molecule has 0 bridgehead atoms. The number of aliphatic hydroxyl groups excluding tert-OH is 1. The second-order valence-corrected chi connectivity index (χ2v) is 8.69. The first-order valence-corrected chi connectivity index (χ1v) is 11.7. The zero-order chi connectivity index (χ0) is 20.3. The van der Waals surface area contributed by atoms with E-state index >= 15 is 0 Å². The van der Waals surface area contributed by atoms with Crippen LogP contribution in [0.15, 0.2) is 24.3 Å². The molecule has 1 amide bonds. The Morgan fingerprint density at radius 1 is 1.11 bits per heavy atom. The van der Waals surface area contributed by atoms with Crippen LogP contribution in [-0.4, -0.2) is 43.7 Å². The highest BCUT2D eigenvalue weighted by Crippen LogP contribution is 2.21. The van der Waals surface area contributed by atoms with Gasteiger partial charge in [0.05, 0.1) is 12.4 Å². The molecular weight excluding hydrogens is 368 g/mol. The van der Waals surface area contributed by atoms with E-state index in [0.717, 1.165) is 25.6 Å². The molecule has 0 saturated heterocycles. The third kappa shape index (κ3) is 9.77. The summed E-state index contributed by atoms with van der Waals surface area (Å²) in [6, 6.07) is 6.56. The van der Waals surface area contributed by atoms with Gasteiger partial charge in [-0.25, -0.2) is 8.42 Å². The number of anilines is 1. The number of sulfonamides is 1. The first-order valence-electron chi connectivity index (χ1n) is 9.80. The van der Waals surface area contributed by atoms with Crippen LogP contribution in [0.4, 0.5) is 5.69 Å². The maximum absolute atomic E-state index is 12.4. The largest absolute Gasteiger partial charge is 0.388 e. The highest BCUT2D eigenvalue weighted by Gasteiger charge is 2.15. The lowest BCUT2D eigenvalue weighted by atomic mass is 10.1. The SMILES string of the molecule is CCCCCCCN(CC)[14C](=O)CC[14C@H](O)c1ccc(NS(C)(=O)=O)cc1. The molecule has 0 aliphatic carbocycles. The summed E-state index contributed by atoms with van der Waals surface area (Å²) >= 11 is 0. The molecule has 2 N–H and O–H groups in total. The Morgan fingerprint density at radius 2 is 1.74 bits per heavy atom. The molecule has 154 valence electrons. The summed E-state index contributed by atoms with van der Waals surface area (Å²) in [4.78, 5) is 14.2. The molecule has 27 heavy (non-hydrogen) atoms. The van der Waals surface area contributed by atoms with Gasteiger partial charge in [0.15, 0.2) is 0 Å². The summed E-state index contributed by atoms with van der Waals surface area (Å²) in [6.07, 6.45) is 6.83. The molecule has 6 nitrogen and oxygen atoms in total. The predicted octanol–water partition coefficient (Wildman–Crippen LogP) is 3.69. The standard InChI is InChI=1S/C20H34N2O4S/c1-4-6-7-8-9-16-22(5-2)20(24)15-14-19(23)17-10-12-18(13-11-17)21-27(3,25)26/h10-13,19,21,23H,4-9,14-16H2,1-3H3/t19-/m0/s1/i19+2,20+2. The maximum atomic E-state index is 12.4. The van der Waals surface area contributed by atoms with Crippen molar-refractivity contribution < 1.29 is 18.3 Å². The fourth-order valence-corrected chi connectivity index (χ4v) is 3.50. The molecule has 0 spiro atoms. The Kier molecular flexibility index (Phi) is 10.4. The molecule has 0 heterocycles. The number of hydrogen-bond acceptors (Lipinski definition) is 4. The van der Waals surface area contributed by atoms with Crippen LogP contribution < -0.4 is 4.72 Å². The molecular formula is C20H34N2O4S. The smallest absolute Gasteiger partial charge is 0.229 e. The van der Waals surface area contributed by atoms with Crippen molar-refractivity contribution in [3.8, 4) is 0 Å². The van der Waals surface area contributed by atoms with E-state index in [-0.39, 0.29) is 5.91 Å². The summed E-state index contributed by atoms with van der Waals surface area (Å²) in [5, 5.41) is 10.3. The Labute approximate surface area is 164 Å². The van der Waals surface area contributed by atoms with Crippen molar-refractivity contribution in [2.24, 2.45) is 0 Å². The third-order valence-corrected chi connectivity index (χ3v) is 5.10. The van der Waals surface area contributed by atoms with Crippen LogP contribution in [0.2, 0.25) is 0 Å². The van der Waals surface area contributed by atoms with Crippen molar-refractivity contribution in [3.63, 3.8) is 0 Å². The summed E-state index contributed by atoms with van der Waals surface area (Å²) in [6.45, 7) is 5.63. The average molecular weight is 403 g/mol. The number of nitrogens with zero attached hydrogens (tertiary/aromatic N) is 1. The van der Waals surface area contributed by atoms with Gasteiger partial charge in [0, 0.05) is 25.2 Å². The number of benzene rings is 1. The lowest BCUT2D eigenvalue weighted by molar-refractivity contribution is -0.131. The van der Waals surface area contributed by atoms with Gasteiger partial charge in [0.25, 0.3) is 0 Å². The summed E-state index contributed by atoms with van der Waals surface area (Å²) in [7, 11) is -3.32. The number of carbonyl (C=O) groups excluding carboxylic acids is 1. The van der Waals surface area contributed by atoms with Gasteiger partial charge in [-0.15, -0.1) is 0 Å². The van der Waals surface area contributed by atoms with Crippen LogP contribution in [0.1, 0.15) is 70.5 Å². The van der Waals surface area contributed by atoms with Crippen molar-refractivity contribution in [2.75, 3.05) is 24.1 Å². The highest BCUT2D eigenvalue weighted by atomic mass is 32.2. The molecule has 1 aromatic rings. The first-order chi connectivity index (χ1) is 12.8. The quantitative estimate of drug-likeness (QED) is 0.493. The Morgan fingerprint density at radius 3 is 2.30 bits per heavy atom. The second-order valence-electron chi connectivity index (χ2n) is 6.94. The number of aliphatic hydroxyl groups is 1. The predicted molar refractivity (Wildman–Crippen MR) is 110 cm³/mol. The monoisotopic (exact) mass is 402 g/mol. The van der Waals surface area contributed by atoms with E-state index in [1.165, 1.54) is 19.3 Å². The molecule has 1 rings (SSSR count). The third-order valence-electron chi connectivity index (χ3n) is 4.50. The number of unbranched alkanes of at least 4 members (excludes halogenated alkanes) is 4. The number of rotatable bonds is 13. The Bertz CT molecular complexity index is 659. The van der Waals surface area contributed by atoms with Gasteiger partial charge in [-0.3, -0.25) is 9.52 Å². The number of hydrogen-bond donors (Lipinski definition) is 2. The molecule has 7 heteroatoms. The number of amides is 1. The van der Waals surface area contributed by atoms with Crippen LogP contribution in [0.3, 0.4) is 0 Å². The van der Waals surface area contributed by atoms with Crippen LogP contribution in [0.25, 0.3) is 0 Å². The van der Waals surface area contributed by atoms with Crippen molar-refractivity contribution in [1.29, 1.82) is 0 Å². The minimum atomic E-state index is -3.32. The lowest BCUT2D eigenvalue weighted by Gasteiger charge is -2.21. The molecule has 0 fully saturated rings. The Hall–Kier alpha value is -1.60. The Balaban J connectivity index is 2.44. The van der Waals surface area contributed by atoms with Crippen LogP contribution in [-0.2, 0) is 14.8 Å². The molecule has 1 atom stereocenters. The summed E-state index contributed by atoms with van der Waals surface area (Å²) < 4.78 is 24.8. The second kappa shape index (κ2) is 12.0. The molecule has 0 unspecified atom stereocenters. The van der Waals surface area contributed by atoms with E-state index in [9.17, 15) is 18.3 Å². The van der Waals surface area contributed by atoms with Gasteiger partial charge in [-0.05, 0) is 37.5 Å². The van der Waals surface area contributed by atoms with Gasteiger partial charge >= 0.3 is 0 Å². The van der Waals surface area contributed by atoms with Crippen molar-refractivity contribution in [2.45, 2.75) is 64.9 Å². The van der Waals surface area contributed by atoms with E-state index < -0.39 is 16.1 Å². The van der Waals surface area contributed by atoms with Gasteiger partial charge < -0.3 is 10.0 Å². The minimum Gasteiger partial charge on any atom is -0.388 e. The van der Waals surface area contributed by atoms with E-state index in [4.69, 9.17) is 0 Å². The van der Waals surface area contributed by atoms with E-state index in [2.05, 4.69) is 11.6 Å². The molecule has 0 saturated carbocycles. The lowest BCUT2D eigenvalue weighted by Crippen LogP contribution is -2.31. The van der Waals surface area contributed by atoms with Crippen LogP contribution in [0.5, 0.6) is 0 Å². The van der Waals surface area contributed by atoms with Gasteiger partial charge in [-0.1, -0.05) is 44.7 Å². The summed E-state index contributed by atoms with van der Waals surface area (Å²) in [5.41, 5.74) is 1.12. The van der Waals surface area contributed by atoms with Crippen molar-refractivity contribution >= 4 is 21.6 Å². The zero-order valence-electron chi connectivity index (χ0n) is 16.8. The first kappa shape index (κ1) is 23.4. The number of carbonyl (C=O) groups is 1. The van der Waals surface area contributed by atoms with Crippen LogP contribution in [0, 0.1) is 0 Å². The fraction of sp³-hybridized carbons (Fsp3) is 0.650. The van der Waals surface area contributed by atoms with Gasteiger partial charge in [-0.2, -0.15) is 0 Å². The molecule has 0 aliphatic rings. The van der Waals surface area contributed by atoms with E-state index in [1.54, 1.807) is 24.3 Å². The van der Waals surface area contributed by atoms with Crippen molar-refractivity contribution in [1.82, 2.24) is 4.90 Å². The molecule has 1 aromatic carbocycles.